The molecular formula is C22H17F5N8O. The number of carbonyl (C=O) groups is 1. The van der Waals surface area contributed by atoms with E-state index in [2.05, 4.69) is 30.3 Å². The van der Waals surface area contributed by atoms with E-state index in [1.54, 1.807) is 4.90 Å². The Morgan fingerprint density at radius 3 is 2.64 bits per heavy atom. The van der Waals surface area contributed by atoms with Gasteiger partial charge >= 0.3 is 6.18 Å². The maximum absolute atomic E-state index is 13.4. The quantitative estimate of drug-likeness (QED) is 0.385. The van der Waals surface area contributed by atoms with Crippen LogP contribution < -0.4 is 15.5 Å². The van der Waals surface area contributed by atoms with Crippen molar-refractivity contribution >= 4 is 28.9 Å². The molecule has 0 unspecified atom stereocenters. The molecule has 0 atom stereocenters. The van der Waals surface area contributed by atoms with E-state index in [1.165, 1.54) is 24.5 Å². The van der Waals surface area contributed by atoms with Crippen molar-refractivity contribution in [3.63, 3.8) is 0 Å². The van der Waals surface area contributed by atoms with Gasteiger partial charge in [-0.1, -0.05) is 6.07 Å². The average Bonchev–Trinajstić information content (AvgIpc) is 2.86. The summed E-state index contributed by atoms with van der Waals surface area (Å²) >= 11 is 0. The normalized spacial score (nSPS) is 13.2. The fourth-order valence-corrected chi connectivity index (χ4v) is 3.63. The standard InChI is InChI=1S/C22H17F5N8O/c1-28-15-3-2-12(8-14(15)22(25,26)27)35-7-6-13-17(10-35)30-11-31-20(13)32-19-5-4-16(33-34-19)21(36)29-9-18(23)24/h2-5,8,11,18H,6-7,9-10H2,(H,29,36)(H,30,31,32,34). The molecule has 1 aromatic carbocycles. The molecule has 2 N–H and O–H groups in total. The molecule has 2 aromatic heterocycles. The second kappa shape index (κ2) is 10.1. The fourth-order valence-electron chi connectivity index (χ4n) is 3.63. The second-order valence-electron chi connectivity index (χ2n) is 7.66. The molecule has 3 heterocycles. The van der Waals surface area contributed by atoms with Crippen molar-refractivity contribution in [1.82, 2.24) is 25.5 Å². The van der Waals surface area contributed by atoms with Crippen LogP contribution in [-0.2, 0) is 19.1 Å². The maximum Gasteiger partial charge on any atom is 0.407 e. The van der Waals surface area contributed by atoms with Crippen molar-refractivity contribution in [2.75, 3.05) is 23.3 Å². The molecule has 1 aliphatic heterocycles. The molecule has 0 bridgehead atoms. The lowest BCUT2D eigenvalue weighted by atomic mass is 10.0. The van der Waals surface area contributed by atoms with Crippen LogP contribution in [0.2, 0.25) is 0 Å². The topological polar surface area (TPSA) is 100 Å². The second-order valence-corrected chi connectivity index (χ2v) is 7.66. The van der Waals surface area contributed by atoms with E-state index in [0.717, 1.165) is 17.7 Å². The van der Waals surface area contributed by atoms with Gasteiger partial charge in [-0.3, -0.25) is 4.79 Å². The number of hydrogen-bond donors (Lipinski definition) is 2. The number of carbonyl (C=O) groups excluding carboxylic acids is 1. The summed E-state index contributed by atoms with van der Waals surface area (Å²) in [4.78, 5) is 25.0. The Balaban J connectivity index is 1.50. The van der Waals surface area contributed by atoms with Crippen molar-refractivity contribution in [2.45, 2.75) is 25.6 Å². The van der Waals surface area contributed by atoms with Gasteiger partial charge in [-0.15, -0.1) is 10.2 Å². The maximum atomic E-state index is 13.4. The van der Waals surface area contributed by atoms with E-state index in [4.69, 9.17) is 6.57 Å². The summed E-state index contributed by atoms with van der Waals surface area (Å²) in [7, 11) is 0. The number of benzene rings is 1. The lowest BCUT2D eigenvalue weighted by Crippen LogP contribution is -2.32. The molecule has 0 saturated heterocycles. The number of nitrogens with zero attached hydrogens (tertiary/aromatic N) is 6. The molecule has 0 aliphatic carbocycles. The van der Waals surface area contributed by atoms with Crippen LogP contribution in [0.3, 0.4) is 0 Å². The first kappa shape index (κ1) is 24.7. The number of anilines is 3. The number of amides is 1. The van der Waals surface area contributed by atoms with E-state index in [-0.39, 0.29) is 18.1 Å². The molecule has 9 nitrogen and oxygen atoms in total. The van der Waals surface area contributed by atoms with E-state index in [0.29, 0.717) is 30.2 Å². The number of nitrogens with one attached hydrogen (secondary N) is 2. The summed E-state index contributed by atoms with van der Waals surface area (Å²) in [5.74, 6) is -0.122. The Morgan fingerprint density at radius 1 is 1.17 bits per heavy atom. The molecule has 0 spiro atoms. The lowest BCUT2D eigenvalue weighted by molar-refractivity contribution is -0.136. The minimum absolute atomic E-state index is 0.135. The predicted molar refractivity (Wildman–Crippen MR) is 118 cm³/mol. The summed E-state index contributed by atoms with van der Waals surface area (Å²) in [5.41, 5.74) is 0.0663. The van der Waals surface area contributed by atoms with Crippen molar-refractivity contribution in [1.29, 1.82) is 0 Å². The number of alkyl halides is 5. The van der Waals surface area contributed by atoms with Crippen LogP contribution in [0.5, 0.6) is 0 Å². The summed E-state index contributed by atoms with van der Waals surface area (Å²) in [6.45, 7) is 6.78. The van der Waals surface area contributed by atoms with Crippen molar-refractivity contribution in [3.05, 3.63) is 70.6 Å². The van der Waals surface area contributed by atoms with Gasteiger partial charge in [0.25, 0.3) is 12.3 Å². The SMILES string of the molecule is [C-]#[N+]c1ccc(N2CCc3c(ncnc3Nc3ccc(C(=O)NCC(F)F)nn3)C2)cc1C(F)(F)F. The predicted octanol–water partition coefficient (Wildman–Crippen LogP) is 4.14. The summed E-state index contributed by atoms with van der Waals surface area (Å²) in [5, 5.41) is 12.6. The van der Waals surface area contributed by atoms with Crippen LogP contribution >= 0.6 is 0 Å². The Morgan fingerprint density at radius 2 is 1.97 bits per heavy atom. The molecule has 0 fully saturated rings. The van der Waals surface area contributed by atoms with Gasteiger partial charge in [0.1, 0.15) is 12.1 Å². The van der Waals surface area contributed by atoms with Gasteiger partial charge in [0.2, 0.25) is 0 Å². The number of aromatic nitrogens is 4. The molecule has 4 rings (SSSR count). The van der Waals surface area contributed by atoms with Crippen LogP contribution in [0.25, 0.3) is 4.85 Å². The summed E-state index contributed by atoms with van der Waals surface area (Å²) in [6, 6.07) is 6.35. The van der Waals surface area contributed by atoms with E-state index in [1.807, 2.05) is 5.32 Å². The van der Waals surface area contributed by atoms with Gasteiger partial charge in [-0.2, -0.15) is 13.2 Å². The monoisotopic (exact) mass is 504 g/mol. The first-order valence-corrected chi connectivity index (χ1v) is 10.5. The van der Waals surface area contributed by atoms with Gasteiger partial charge in [0.15, 0.2) is 17.2 Å². The highest BCUT2D eigenvalue weighted by Gasteiger charge is 2.34. The van der Waals surface area contributed by atoms with Crippen LogP contribution in [0.1, 0.15) is 27.3 Å². The van der Waals surface area contributed by atoms with Crippen LogP contribution in [0, 0.1) is 6.57 Å². The third-order valence-electron chi connectivity index (χ3n) is 5.34. The smallest absolute Gasteiger partial charge is 0.365 e. The molecule has 3 aromatic rings. The summed E-state index contributed by atoms with van der Waals surface area (Å²) < 4.78 is 64.6. The van der Waals surface area contributed by atoms with E-state index < -0.39 is 36.3 Å². The molecule has 186 valence electrons. The van der Waals surface area contributed by atoms with Crippen molar-refractivity contribution < 1.29 is 26.7 Å². The third kappa shape index (κ3) is 5.45. The van der Waals surface area contributed by atoms with Crippen LogP contribution in [-0.4, -0.2) is 45.6 Å². The number of halogens is 5. The molecule has 0 radical (unpaired) electrons. The van der Waals surface area contributed by atoms with Gasteiger partial charge in [-0.05, 0) is 30.7 Å². The molecule has 1 amide bonds. The van der Waals surface area contributed by atoms with Gasteiger partial charge < -0.3 is 15.5 Å². The first-order valence-electron chi connectivity index (χ1n) is 10.5. The van der Waals surface area contributed by atoms with Gasteiger partial charge in [0, 0.05) is 17.8 Å². The van der Waals surface area contributed by atoms with E-state index >= 15 is 0 Å². The van der Waals surface area contributed by atoms with Crippen LogP contribution in [0.4, 0.5) is 45.0 Å². The molecule has 1 aliphatic rings. The van der Waals surface area contributed by atoms with Crippen molar-refractivity contribution in [2.24, 2.45) is 0 Å². The number of hydrogen-bond acceptors (Lipinski definition) is 7. The molecule has 36 heavy (non-hydrogen) atoms. The van der Waals surface area contributed by atoms with Crippen LogP contribution in [0.15, 0.2) is 36.7 Å². The molecular weight excluding hydrogens is 487 g/mol. The molecule has 0 saturated carbocycles. The Labute approximate surface area is 201 Å². The first-order chi connectivity index (χ1) is 17.2. The zero-order chi connectivity index (χ0) is 25.9. The van der Waals surface area contributed by atoms with Gasteiger partial charge in [-0.25, -0.2) is 23.6 Å². The van der Waals surface area contributed by atoms with Crippen molar-refractivity contribution in [3.8, 4) is 0 Å². The highest BCUT2D eigenvalue weighted by atomic mass is 19.4. The number of fused-ring (bicyclic) bond motifs is 1. The Hall–Kier alpha value is -4.41. The van der Waals surface area contributed by atoms with Gasteiger partial charge in [0.05, 0.1) is 30.9 Å². The summed E-state index contributed by atoms with van der Waals surface area (Å²) in [6.07, 6.45) is -5.63. The largest absolute Gasteiger partial charge is 0.407 e. The minimum atomic E-state index is -4.65. The molecule has 14 heteroatoms. The number of rotatable bonds is 6. The minimum Gasteiger partial charge on any atom is -0.365 e. The third-order valence-corrected chi connectivity index (χ3v) is 5.34. The zero-order valence-electron chi connectivity index (χ0n) is 18.4. The fraction of sp³-hybridized carbons (Fsp3) is 0.273. The Kier molecular flexibility index (Phi) is 6.91. The Bertz CT molecular complexity index is 1310. The highest BCUT2D eigenvalue weighted by molar-refractivity contribution is 5.92. The lowest BCUT2D eigenvalue weighted by Gasteiger charge is -2.31. The highest BCUT2D eigenvalue weighted by Crippen LogP contribution is 2.39. The zero-order valence-corrected chi connectivity index (χ0v) is 18.4. The average molecular weight is 504 g/mol. The van der Waals surface area contributed by atoms with E-state index in [9.17, 15) is 26.7 Å².